The van der Waals surface area contributed by atoms with E-state index in [4.69, 9.17) is 4.74 Å². The number of rotatable bonds is 3. The van der Waals surface area contributed by atoms with Gasteiger partial charge in [0.15, 0.2) is 6.61 Å². The first-order chi connectivity index (χ1) is 12.9. The number of hydrogen-bond donors (Lipinski definition) is 1. The van der Waals surface area contributed by atoms with Gasteiger partial charge in [-0.2, -0.15) is 0 Å². The van der Waals surface area contributed by atoms with Crippen LogP contribution in [0.3, 0.4) is 0 Å². The Balaban J connectivity index is 1.62. The lowest BCUT2D eigenvalue weighted by Crippen LogP contribution is -2.35. The van der Waals surface area contributed by atoms with Crippen LogP contribution in [-0.2, 0) is 4.79 Å². The Labute approximate surface area is 159 Å². The molecule has 9 heteroatoms. The summed E-state index contributed by atoms with van der Waals surface area (Å²) in [4.78, 5) is 27.3. The van der Waals surface area contributed by atoms with Crippen molar-refractivity contribution in [3.63, 3.8) is 0 Å². The Bertz CT molecular complexity index is 1070. The molecule has 140 valence electrons. The first-order valence-corrected chi connectivity index (χ1v) is 9.37. The van der Waals surface area contributed by atoms with E-state index in [0.717, 1.165) is 11.5 Å². The average molecular weight is 385 g/mol. The van der Waals surface area contributed by atoms with E-state index < -0.39 is 0 Å². The Morgan fingerprint density at radius 3 is 2.85 bits per heavy atom. The predicted octanol–water partition coefficient (Wildman–Crippen LogP) is 2.83. The summed E-state index contributed by atoms with van der Waals surface area (Å²) in [6.07, 6.45) is 0. The summed E-state index contributed by atoms with van der Waals surface area (Å²) in [5.74, 6) is 1.30. The van der Waals surface area contributed by atoms with Crippen molar-refractivity contribution < 1.29 is 14.3 Å². The van der Waals surface area contributed by atoms with Crippen molar-refractivity contribution in [1.29, 1.82) is 0 Å². The molecule has 0 saturated heterocycles. The van der Waals surface area contributed by atoms with Gasteiger partial charge >= 0.3 is 0 Å². The van der Waals surface area contributed by atoms with Gasteiger partial charge in [-0.15, -0.1) is 10.2 Å². The number of carbonyl (C=O) groups excluding carboxylic acids is 2. The highest BCUT2D eigenvalue weighted by Gasteiger charge is 2.24. The van der Waals surface area contributed by atoms with E-state index in [-0.39, 0.29) is 24.3 Å². The number of hydrogen-bond acceptors (Lipinski definition) is 6. The van der Waals surface area contributed by atoms with Gasteiger partial charge < -0.3 is 15.0 Å². The van der Waals surface area contributed by atoms with Crippen LogP contribution in [0.25, 0.3) is 4.96 Å². The number of aryl methyl sites for hydroxylation is 1. The smallest absolute Gasteiger partial charge is 0.267 e. The van der Waals surface area contributed by atoms with E-state index in [1.54, 1.807) is 30.1 Å². The molecule has 1 N–H and O–H groups in total. The van der Waals surface area contributed by atoms with Crippen molar-refractivity contribution in [1.82, 2.24) is 14.6 Å². The quantitative estimate of drug-likeness (QED) is 0.749. The topological polar surface area (TPSA) is 88.8 Å². The monoisotopic (exact) mass is 385 g/mol. The van der Waals surface area contributed by atoms with Crippen LogP contribution in [0.5, 0.6) is 5.75 Å². The lowest BCUT2D eigenvalue weighted by molar-refractivity contribution is -0.120. The normalized spacial score (nSPS) is 13.8. The molecule has 0 aliphatic carbocycles. The number of anilines is 2. The standard InChI is InChI=1S/C18H19N5O3S/c1-9(2)16-20-21-18-23(16)10(3)15(27-18)17(25)19-11-5-6-12-13(7-11)26-8-14(24)22(12)4/h5-7,9H,8H2,1-4H3,(H,19,25). The molecule has 0 spiro atoms. The second kappa shape index (κ2) is 6.34. The molecule has 0 saturated carbocycles. The maximum Gasteiger partial charge on any atom is 0.267 e. The summed E-state index contributed by atoms with van der Waals surface area (Å²) in [5.41, 5.74) is 2.11. The number of carbonyl (C=O) groups is 2. The van der Waals surface area contributed by atoms with Gasteiger partial charge in [-0.3, -0.25) is 14.0 Å². The van der Waals surface area contributed by atoms with Gasteiger partial charge in [0.2, 0.25) is 4.96 Å². The zero-order valence-electron chi connectivity index (χ0n) is 15.4. The molecule has 4 rings (SSSR count). The van der Waals surface area contributed by atoms with Crippen molar-refractivity contribution in [3.8, 4) is 5.75 Å². The molecule has 0 fully saturated rings. The second-order valence-corrected chi connectivity index (χ2v) is 7.70. The Hall–Kier alpha value is -2.94. The summed E-state index contributed by atoms with van der Waals surface area (Å²) in [7, 11) is 1.70. The number of benzene rings is 1. The lowest BCUT2D eigenvalue weighted by Gasteiger charge is -2.26. The molecule has 27 heavy (non-hydrogen) atoms. The van der Waals surface area contributed by atoms with Gasteiger partial charge in [-0.1, -0.05) is 25.2 Å². The molecule has 0 bridgehead atoms. The van der Waals surface area contributed by atoms with Gasteiger partial charge in [0, 0.05) is 30.4 Å². The number of aromatic nitrogens is 3. The zero-order chi connectivity index (χ0) is 19.3. The third kappa shape index (κ3) is 2.84. The maximum atomic E-state index is 12.8. The molecular weight excluding hydrogens is 366 g/mol. The largest absolute Gasteiger partial charge is 0.481 e. The van der Waals surface area contributed by atoms with Crippen LogP contribution in [0.15, 0.2) is 18.2 Å². The molecule has 0 unspecified atom stereocenters. The van der Waals surface area contributed by atoms with Crippen LogP contribution in [0, 0.1) is 6.92 Å². The minimum Gasteiger partial charge on any atom is -0.481 e. The molecule has 0 atom stereocenters. The first kappa shape index (κ1) is 17.5. The highest BCUT2D eigenvalue weighted by atomic mass is 32.1. The summed E-state index contributed by atoms with van der Waals surface area (Å²) < 4.78 is 7.40. The molecule has 1 aliphatic heterocycles. The van der Waals surface area contributed by atoms with Gasteiger partial charge in [-0.25, -0.2) is 0 Å². The van der Waals surface area contributed by atoms with Crippen LogP contribution in [-0.4, -0.2) is 40.1 Å². The molecule has 3 heterocycles. The van der Waals surface area contributed by atoms with Crippen LogP contribution in [0.1, 0.15) is 41.0 Å². The summed E-state index contributed by atoms with van der Waals surface area (Å²) in [5, 5.41) is 11.3. The Morgan fingerprint density at radius 1 is 1.33 bits per heavy atom. The molecular formula is C18H19N5O3S. The van der Waals surface area contributed by atoms with Crippen LogP contribution >= 0.6 is 11.3 Å². The zero-order valence-corrected chi connectivity index (χ0v) is 16.3. The molecule has 2 aromatic heterocycles. The second-order valence-electron chi connectivity index (χ2n) is 6.73. The predicted molar refractivity (Wildman–Crippen MR) is 103 cm³/mol. The van der Waals surface area contributed by atoms with Gasteiger partial charge in [0.05, 0.1) is 5.69 Å². The van der Waals surface area contributed by atoms with E-state index in [1.165, 1.54) is 11.3 Å². The molecule has 1 aliphatic rings. The molecule has 2 amide bonds. The summed E-state index contributed by atoms with van der Waals surface area (Å²) in [6.45, 7) is 5.97. The molecule has 1 aromatic carbocycles. The maximum absolute atomic E-state index is 12.8. The van der Waals surface area contributed by atoms with Gasteiger partial charge in [0.25, 0.3) is 11.8 Å². The van der Waals surface area contributed by atoms with Crippen molar-refractivity contribution in [2.45, 2.75) is 26.7 Å². The van der Waals surface area contributed by atoms with Gasteiger partial charge in [0.1, 0.15) is 16.5 Å². The third-order valence-corrected chi connectivity index (χ3v) is 5.67. The Kier molecular flexibility index (Phi) is 4.11. The fourth-order valence-corrected chi connectivity index (χ4v) is 4.03. The van der Waals surface area contributed by atoms with Crippen LogP contribution < -0.4 is 15.0 Å². The average Bonchev–Trinajstić information content (AvgIpc) is 3.19. The SMILES string of the molecule is Cc1c(C(=O)Nc2ccc3c(c2)OCC(=O)N3C)sc2nnc(C(C)C)n12. The minimum atomic E-state index is -0.210. The van der Waals surface area contributed by atoms with E-state index in [9.17, 15) is 9.59 Å². The first-order valence-electron chi connectivity index (χ1n) is 8.56. The van der Waals surface area contributed by atoms with Crippen molar-refractivity contribution in [2.75, 3.05) is 23.9 Å². The molecule has 0 radical (unpaired) electrons. The lowest BCUT2D eigenvalue weighted by atomic mass is 10.2. The fourth-order valence-electron chi connectivity index (χ4n) is 3.06. The number of fused-ring (bicyclic) bond motifs is 2. The molecule has 3 aromatic rings. The third-order valence-electron chi connectivity index (χ3n) is 4.54. The number of nitrogens with one attached hydrogen (secondary N) is 1. The fraction of sp³-hybridized carbons (Fsp3) is 0.333. The van der Waals surface area contributed by atoms with Gasteiger partial charge in [-0.05, 0) is 19.1 Å². The number of nitrogens with zero attached hydrogens (tertiary/aromatic N) is 4. The highest BCUT2D eigenvalue weighted by Crippen LogP contribution is 2.34. The van der Waals surface area contributed by atoms with E-state index in [0.29, 0.717) is 27.0 Å². The number of ether oxygens (including phenoxy) is 1. The van der Waals surface area contributed by atoms with Crippen molar-refractivity contribution >= 4 is 39.5 Å². The van der Waals surface area contributed by atoms with Crippen LogP contribution in [0.2, 0.25) is 0 Å². The van der Waals surface area contributed by atoms with Crippen LogP contribution in [0.4, 0.5) is 11.4 Å². The summed E-state index contributed by atoms with van der Waals surface area (Å²) >= 11 is 1.31. The van der Waals surface area contributed by atoms with E-state index in [1.807, 2.05) is 25.2 Å². The number of amides is 2. The summed E-state index contributed by atoms with van der Waals surface area (Å²) in [6, 6.07) is 5.24. The van der Waals surface area contributed by atoms with E-state index in [2.05, 4.69) is 15.5 Å². The Morgan fingerprint density at radius 2 is 2.11 bits per heavy atom. The number of thiazole rings is 1. The minimum absolute atomic E-state index is 0.00683. The van der Waals surface area contributed by atoms with E-state index >= 15 is 0 Å². The number of likely N-dealkylation sites (N-methyl/N-ethyl adjacent to an activating group) is 1. The molecule has 8 nitrogen and oxygen atoms in total. The van der Waals surface area contributed by atoms with Crippen molar-refractivity contribution in [3.05, 3.63) is 34.6 Å². The van der Waals surface area contributed by atoms with Crippen molar-refractivity contribution in [2.24, 2.45) is 0 Å². The highest BCUT2D eigenvalue weighted by molar-refractivity contribution is 7.19.